The Morgan fingerprint density at radius 1 is 1.12 bits per heavy atom. The van der Waals surface area contributed by atoms with Gasteiger partial charge in [0, 0.05) is 13.0 Å². The van der Waals surface area contributed by atoms with Crippen LogP contribution in [0.5, 0.6) is 17.2 Å². The first-order valence-corrected chi connectivity index (χ1v) is 8.01. The van der Waals surface area contributed by atoms with Crippen LogP contribution < -0.4 is 10.1 Å². The molecule has 0 saturated heterocycles. The van der Waals surface area contributed by atoms with E-state index >= 15 is 0 Å². The number of benzene rings is 2. The van der Waals surface area contributed by atoms with E-state index in [0.717, 1.165) is 16.9 Å². The van der Waals surface area contributed by atoms with Crippen LogP contribution in [0.3, 0.4) is 0 Å². The Bertz CT molecular complexity index is 685. The molecule has 2 rings (SSSR count). The van der Waals surface area contributed by atoms with Gasteiger partial charge in [0.15, 0.2) is 11.5 Å². The van der Waals surface area contributed by atoms with Crippen LogP contribution >= 0.6 is 0 Å². The van der Waals surface area contributed by atoms with Crippen molar-refractivity contribution in [2.24, 2.45) is 0 Å². The van der Waals surface area contributed by atoms with Crippen molar-refractivity contribution in [3.8, 4) is 17.2 Å². The number of hydrogen-bond acceptors (Lipinski definition) is 4. The molecule has 0 saturated carbocycles. The molecule has 0 aromatic heterocycles. The summed E-state index contributed by atoms with van der Waals surface area (Å²) in [5, 5.41) is 21.5. The highest BCUT2D eigenvalue weighted by molar-refractivity contribution is 5.75. The number of ether oxygens (including phenoxy) is 1. The molecule has 0 aliphatic rings. The Balaban J connectivity index is 1.60. The van der Waals surface area contributed by atoms with Gasteiger partial charge in [0.25, 0.3) is 0 Å². The van der Waals surface area contributed by atoms with Gasteiger partial charge in [-0.2, -0.15) is 0 Å². The molecule has 0 aliphatic heterocycles. The van der Waals surface area contributed by atoms with Crippen LogP contribution in [0.4, 0.5) is 0 Å². The monoisotopic (exact) mass is 329 g/mol. The van der Waals surface area contributed by atoms with Crippen molar-refractivity contribution in [3.05, 3.63) is 53.6 Å². The molecule has 0 atom stereocenters. The highest BCUT2D eigenvalue weighted by Gasteiger charge is 2.04. The van der Waals surface area contributed by atoms with Crippen molar-refractivity contribution < 1.29 is 19.7 Å². The largest absolute Gasteiger partial charge is 0.504 e. The summed E-state index contributed by atoms with van der Waals surface area (Å²) in [4.78, 5) is 11.8. The maximum absolute atomic E-state index is 11.8. The number of carbonyl (C=O) groups is 1. The molecule has 0 unspecified atom stereocenters. The Morgan fingerprint density at radius 3 is 2.71 bits per heavy atom. The van der Waals surface area contributed by atoms with Gasteiger partial charge in [-0.3, -0.25) is 4.79 Å². The minimum absolute atomic E-state index is 0.0224. The van der Waals surface area contributed by atoms with E-state index in [1.807, 2.05) is 31.2 Å². The molecule has 5 nitrogen and oxygen atoms in total. The number of carbonyl (C=O) groups excluding carboxylic acids is 1. The van der Waals surface area contributed by atoms with Crippen LogP contribution in [-0.4, -0.2) is 29.3 Å². The number of aromatic hydroxyl groups is 2. The van der Waals surface area contributed by atoms with E-state index in [4.69, 9.17) is 4.74 Å². The fourth-order valence-corrected chi connectivity index (χ4v) is 2.29. The third-order valence-electron chi connectivity index (χ3n) is 3.58. The van der Waals surface area contributed by atoms with Gasteiger partial charge in [0.05, 0.1) is 6.61 Å². The Labute approximate surface area is 141 Å². The highest BCUT2D eigenvalue weighted by atomic mass is 16.5. The summed E-state index contributed by atoms with van der Waals surface area (Å²) in [7, 11) is 0. The second-order valence-electron chi connectivity index (χ2n) is 5.69. The van der Waals surface area contributed by atoms with Crippen molar-refractivity contribution in [1.82, 2.24) is 5.32 Å². The number of nitrogens with one attached hydrogen (secondary N) is 1. The summed E-state index contributed by atoms with van der Waals surface area (Å²) in [6.07, 6.45) is 1.66. The van der Waals surface area contributed by atoms with E-state index in [0.29, 0.717) is 32.4 Å². The van der Waals surface area contributed by atoms with Gasteiger partial charge in [0.2, 0.25) is 5.91 Å². The maximum atomic E-state index is 11.8. The van der Waals surface area contributed by atoms with E-state index in [1.165, 1.54) is 12.1 Å². The number of phenols is 2. The number of rotatable bonds is 8. The van der Waals surface area contributed by atoms with Gasteiger partial charge in [0.1, 0.15) is 5.75 Å². The molecule has 2 aromatic rings. The van der Waals surface area contributed by atoms with Gasteiger partial charge in [-0.1, -0.05) is 18.2 Å². The summed E-state index contributed by atoms with van der Waals surface area (Å²) >= 11 is 0. The van der Waals surface area contributed by atoms with Gasteiger partial charge in [-0.15, -0.1) is 0 Å². The molecule has 1 amide bonds. The molecule has 0 spiro atoms. The summed E-state index contributed by atoms with van der Waals surface area (Å²) in [6.45, 7) is 3.00. The molecule has 5 heteroatoms. The Kier molecular flexibility index (Phi) is 6.49. The van der Waals surface area contributed by atoms with Gasteiger partial charge < -0.3 is 20.3 Å². The summed E-state index contributed by atoms with van der Waals surface area (Å²) in [6, 6.07) is 12.5. The number of hydrogen-bond donors (Lipinski definition) is 3. The predicted molar refractivity (Wildman–Crippen MR) is 92.4 cm³/mol. The maximum Gasteiger partial charge on any atom is 0.220 e. The Morgan fingerprint density at radius 2 is 1.96 bits per heavy atom. The number of amides is 1. The molecule has 0 aliphatic carbocycles. The van der Waals surface area contributed by atoms with E-state index in [9.17, 15) is 15.0 Å². The fourth-order valence-electron chi connectivity index (χ4n) is 2.29. The van der Waals surface area contributed by atoms with Crippen LogP contribution in [0.15, 0.2) is 42.5 Å². The second kappa shape index (κ2) is 8.82. The van der Waals surface area contributed by atoms with Crippen molar-refractivity contribution in [2.45, 2.75) is 26.2 Å². The van der Waals surface area contributed by atoms with E-state index in [-0.39, 0.29) is 17.4 Å². The van der Waals surface area contributed by atoms with Crippen LogP contribution in [0.25, 0.3) is 0 Å². The molecular weight excluding hydrogens is 306 g/mol. The lowest BCUT2D eigenvalue weighted by Gasteiger charge is -2.08. The van der Waals surface area contributed by atoms with E-state index in [1.54, 1.807) is 6.07 Å². The first-order valence-electron chi connectivity index (χ1n) is 8.01. The third-order valence-corrected chi connectivity index (χ3v) is 3.58. The fraction of sp³-hybridized carbons (Fsp3) is 0.316. The lowest BCUT2D eigenvalue weighted by atomic mass is 10.1. The van der Waals surface area contributed by atoms with Crippen molar-refractivity contribution in [2.75, 3.05) is 13.2 Å². The zero-order chi connectivity index (χ0) is 17.4. The van der Waals surface area contributed by atoms with Crippen LogP contribution in [-0.2, 0) is 11.2 Å². The van der Waals surface area contributed by atoms with E-state index < -0.39 is 0 Å². The SMILES string of the molecule is Cc1cccc(OCCCC(=O)NCCc2ccc(O)c(O)c2)c1. The lowest BCUT2D eigenvalue weighted by molar-refractivity contribution is -0.121. The molecular formula is C19H23NO4. The molecule has 0 radical (unpaired) electrons. The van der Waals surface area contributed by atoms with Crippen LogP contribution in [0, 0.1) is 6.92 Å². The first-order chi connectivity index (χ1) is 11.5. The standard InChI is InChI=1S/C19H23NO4/c1-14-4-2-5-16(12-14)24-11-3-6-19(23)20-10-9-15-7-8-17(21)18(22)13-15/h2,4-5,7-8,12-13,21-22H,3,6,9-11H2,1H3,(H,20,23). The molecule has 0 bridgehead atoms. The van der Waals surface area contributed by atoms with Crippen molar-refractivity contribution in [3.63, 3.8) is 0 Å². The minimum Gasteiger partial charge on any atom is -0.504 e. The first kappa shape index (κ1) is 17.7. The molecule has 24 heavy (non-hydrogen) atoms. The summed E-state index contributed by atoms with van der Waals surface area (Å²) in [5.74, 6) is 0.511. The van der Waals surface area contributed by atoms with Crippen molar-refractivity contribution >= 4 is 5.91 Å². The molecule has 2 aromatic carbocycles. The highest BCUT2D eigenvalue weighted by Crippen LogP contribution is 2.24. The lowest BCUT2D eigenvalue weighted by Crippen LogP contribution is -2.25. The van der Waals surface area contributed by atoms with Gasteiger partial charge in [-0.05, 0) is 55.2 Å². The second-order valence-corrected chi connectivity index (χ2v) is 5.69. The van der Waals surface area contributed by atoms with Crippen molar-refractivity contribution in [1.29, 1.82) is 0 Å². The third kappa shape index (κ3) is 5.83. The topological polar surface area (TPSA) is 78.8 Å². The average Bonchev–Trinajstić information content (AvgIpc) is 2.55. The summed E-state index contributed by atoms with van der Waals surface area (Å²) < 4.78 is 5.60. The smallest absolute Gasteiger partial charge is 0.220 e. The Hall–Kier alpha value is -2.69. The average molecular weight is 329 g/mol. The quantitative estimate of drug-likeness (QED) is 0.514. The number of aryl methyl sites for hydroxylation is 1. The van der Waals surface area contributed by atoms with E-state index in [2.05, 4.69) is 5.32 Å². The molecule has 0 heterocycles. The molecule has 128 valence electrons. The zero-order valence-electron chi connectivity index (χ0n) is 13.8. The van der Waals surface area contributed by atoms with Crippen LogP contribution in [0.2, 0.25) is 0 Å². The predicted octanol–water partition coefficient (Wildman–Crippen LogP) is 2.92. The van der Waals surface area contributed by atoms with Gasteiger partial charge in [-0.25, -0.2) is 0 Å². The van der Waals surface area contributed by atoms with Gasteiger partial charge >= 0.3 is 0 Å². The summed E-state index contributed by atoms with van der Waals surface area (Å²) in [5.41, 5.74) is 2.00. The number of phenolic OH excluding ortho intramolecular Hbond substituents is 2. The zero-order valence-corrected chi connectivity index (χ0v) is 13.8. The normalized spacial score (nSPS) is 10.4. The molecule has 0 fully saturated rings. The van der Waals surface area contributed by atoms with Crippen LogP contribution in [0.1, 0.15) is 24.0 Å². The minimum atomic E-state index is -0.146. The molecule has 3 N–H and O–H groups in total.